The molecule has 3 unspecified atom stereocenters. The first-order valence-electron chi connectivity index (χ1n) is 11.7. The molecule has 10 heteroatoms. The minimum absolute atomic E-state index is 0.0400. The molecule has 5 heterocycles. The van der Waals surface area contributed by atoms with Gasteiger partial charge in [0, 0.05) is 22.1 Å². The Labute approximate surface area is 210 Å². The Morgan fingerprint density at radius 2 is 2.00 bits per heavy atom. The number of carbonyl (C=O) groups excluding carboxylic acids is 4. The summed E-state index contributed by atoms with van der Waals surface area (Å²) >= 11 is 2.98. The van der Waals surface area contributed by atoms with E-state index in [4.69, 9.17) is 0 Å². The van der Waals surface area contributed by atoms with Gasteiger partial charge in [0.1, 0.15) is 17.8 Å². The van der Waals surface area contributed by atoms with E-state index in [0.29, 0.717) is 24.3 Å². The van der Waals surface area contributed by atoms with Crippen LogP contribution in [0.15, 0.2) is 41.9 Å². The van der Waals surface area contributed by atoms with Crippen molar-refractivity contribution in [1.82, 2.24) is 20.1 Å². The van der Waals surface area contributed by atoms with Crippen LogP contribution in [0.3, 0.4) is 0 Å². The van der Waals surface area contributed by atoms with E-state index in [-0.39, 0.29) is 47.7 Å². The number of hydrogen-bond acceptors (Lipinski definition) is 7. The fourth-order valence-corrected chi connectivity index (χ4v) is 6.99. The highest BCUT2D eigenvalue weighted by molar-refractivity contribution is 7.27. The summed E-state index contributed by atoms with van der Waals surface area (Å²) in [5.41, 5.74) is 0.284. The molecule has 8 nitrogen and oxygen atoms in total. The Hall–Kier alpha value is -3.11. The van der Waals surface area contributed by atoms with Crippen LogP contribution in [-0.2, 0) is 9.59 Å². The van der Waals surface area contributed by atoms with E-state index in [1.807, 2.05) is 31.4 Å². The van der Waals surface area contributed by atoms with Crippen LogP contribution in [-0.4, -0.2) is 69.5 Å². The molecule has 0 aromatic carbocycles. The summed E-state index contributed by atoms with van der Waals surface area (Å²) < 4.78 is 2.09. The molecule has 2 fully saturated rings. The number of carbonyl (C=O) groups is 4. The molecule has 0 radical (unpaired) electrons. The number of Topliss-reactive ketones (excluding diaryl/α,β-unsaturated/α-hetero) is 1. The summed E-state index contributed by atoms with van der Waals surface area (Å²) in [5.74, 6) is -0.837. The fraction of sp³-hybridized carbons (Fsp3) is 0.400. The number of nitrogens with zero attached hydrogens (tertiary/aromatic N) is 3. The lowest BCUT2D eigenvalue weighted by Gasteiger charge is -2.29. The SMILES string of the molecule is CC(C)CC(NC(=O)c1cc2sccc2s1)C(=O)N1CCC2C1C(=O)CN2C(=O)c1ccccn1. The first-order chi connectivity index (χ1) is 16.8. The molecule has 0 spiro atoms. The molecule has 3 aromatic rings. The quantitative estimate of drug-likeness (QED) is 0.549. The Balaban J connectivity index is 1.33. The molecule has 2 aliphatic rings. The van der Waals surface area contributed by atoms with Gasteiger partial charge in [-0.3, -0.25) is 24.2 Å². The molecule has 2 aliphatic heterocycles. The van der Waals surface area contributed by atoms with Gasteiger partial charge in [-0.2, -0.15) is 0 Å². The number of fused-ring (bicyclic) bond motifs is 2. The molecule has 3 aromatic heterocycles. The van der Waals surface area contributed by atoms with Crippen LogP contribution in [0.2, 0.25) is 0 Å². The monoisotopic (exact) mass is 510 g/mol. The predicted molar refractivity (Wildman–Crippen MR) is 135 cm³/mol. The summed E-state index contributed by atoms with van der Waals surface area (Å²) in [4.78, 5) is 60.4. The van der Waals surface area contributed by atoms with Crippen LogP contribution in [0.5, 0.6) is 0 Å². The van der Waals surface area contributed by atoms with Crippen molar-refractivity contribution in [3.63, 3.8) is 0 Å². The van der Waals surface area contributed by atoms with Gasteiger partial charge in [-0.1, -0.05) is 19.9 Å². The lowest BCUT2D eigenvalue weighted by atomic mass is 10.0. The van der Waals surface area contributed by atoms with E-state index >= 15 is 0 Å². The highest BCUT2D eigenvalue weighted by Crippen LogP contribution is 2.32. The van der Waals surface area contributed by atoms with E-state index < -0.39 is 12.1 Å². The molecule has 1 N–H and O–H groups in total. The zero-order chi connectivity index (χ0) is 24.7. The third-order valence-electron chi connectivity index (χ3n) is 6.52. The first-order valence-corrected chi connectivity index (χ1v) is 13.4. The zero-order valence-corrected chi connectivity index (χ0v) is 21.1. The highest BCUT2D eigenvalue weighted by atomic mass is 32.1. The second-order valence-electron chi connectivity index (χ2n) is 9.36. The van der Waals surface area contributed by atoms with Crippen molar-refractivity contribution in [1.29, 1.82) is 0 Å². The Kier molecular flexibility index (Phi) is 6.41. The number of thiophene rings is 2. The Bertz CT molecular complexity index is 1260. The minimum atomic E-state index is -0.741. The molecular formula is C25H26N4O4S2. The van der Waals surface area contributed by atoms with E-state index in [9.17, 15) is 19.2 Å². The van der Waals surface area contributed by atoms with E-state index in [1.54, 1.807) is 40.6 Å². The normalized spacial score (nSPS) is 20.5. The third-order valence-corrected chi connectivity index (χ3v) is 8.62. The zero-order valence-electron chi connectivity index (χ0n) is 19.5. The van der Waals surface area contributed by atoms with Gasteiger partial charge in [0.05, 0.1) is 17.5 Å². The van der Waals surface area contributed by atoms with Crippen molar-refractivity contribution < 1.29 is 19.2 Å². The number of ketones is 1. The molecule has 0 bridgehead atoms. The van der Waals surface area contributed by atoms with Gasteiger partial charge >= 0.3 is 0 Å². The number of nitrogens with one attached hydrogen (secondary N) is 1. The number of pyridine rings is 1. The maximum Gasteiger partial charge on any atom is 0.273 e. The van der Waals surface area contributed by atoms with Crippen LogP contribution in [0.1, 0.15) is 46.8 Å². The second kappa shape index (κ2) is 9.50. The number of rotatable bonds is 6. The van der Waals surface area contributed by atoms with Crippen LogP contribution in [0.25, 0.3) is 9.40 Å². The Morgan fingerprint density at radius 3 is 2.71 bits per heavy atom. The van der Waals surface area contributed by atoms with E-state index in [1.165, 1.54) is 16.2 Å². The molecule has 0 saturated carbocycles. The van der Waals surface area contributed by atoms with Gasteiger partial charge in [-0.05, 0) is 48.4 Å². The first kappa shape index (κ1) is 23.6. The lowest BCUT2D eigenvalue weighted by molar-refractivity contribution is -0.138. The van der Waals surface area contributed by atoms with Crippen LogP contribution in [0.4, 0.5) is 0 Å². The van der Waals surface area contributed by atoms with E-state index in [0.717, 1.165) is 9.40 Å². The topological polar surface area (TPSA) is 99.7 Å². The number of amides is 3. The summed E-state index contributed by atoms with van der Waals surface area (Å²) in [6.07, 6.45) is 2.52. The fourth-order valence-electron chi connectivity index (χ4n) is 4.98. The van der Waals surface area contributed by atoms with Crippen LogP contribution in [0, 0.1) is 5.92 Å². The van der Waals surface area contributed by atoms with E-state index in [2.05, 4.69) is 10.3 Å². The lowest BCUT2D eigenvalue weighted by Crippen LogP contribution is -2.52. The van der Waals surface area contributed by atoms with Crippen molar-refractivity contribution >= 4 is 55.6 Å². The summed E-state index contributed by atoms with van der Waals surface area (Å²) in [6, 6.07) is 7.12. The maximum absolute atomic E-state index is 13.7. The summed E-state index contributed by atoms with van der Waals surface area (Å²) in [5, 5.41) is 4.91. The summed E-state index contributed by atoms with van der Waals surface area (Å²) in [6.45, 7) is 4.31. The largest absolute Gasteiger partial charge is 0.340 e. The number of likely N-dealkylation sites (tertiary alicyclic amines) is 2. The van der Waals surface area contributed by atoms with Crippen molar-refractivity contribution in [3.05, 3.63) is 52.5 Å². The standard InChI is InChI=1S/C25H26N4O4S2/c1-14(2)11-16(27-23(31)21-12-20-19(35-21)7-10-34-20)25(33)28-9-6-17-22(28)18(30)13-29(17)24(32)15-5-3-4-8-26-15/h3-5,7-8,10,12,14,16-17,22H,6,9,11,13H2,1-2H3,(H,27,31). The molecule has 3 atom stereocenters. The smallest absolute Gasteiger partial charge is 0.273 e. The van der Waals surface area contributed by atoms with Crippen LogP contribution >= 0.6 is 22.7 Å². The van der Waals surface area contributed by atoms with Crippen molar-refractivity contribution in [2.75, 3.05) is 13.1 Å². The molecule has 2 saturated heterocycles. The number of aromatic nitrogens is 1. The minimum Gasteiger partial charge on any atom is -0.340 e. The maximum atomic E-state index is 13.7. The van der Waals surface area contributed by atoms with Gasteiger partial charge in [0.25, 0.3) is 11.8 Å². The molecule has 35 heavy (non-hydrogen) atoms. The van der Waals surface area contributed by atoms with Crippen molar-refractivity contribution in [3.8, 4) is 0 Å². The van der Waals surface area contributed by atoms with Gasteiger partial charge in [0.2, 0.25) is 5.91 Å². The molecule has 3 amide bonds. The van der Waals surface area contributed by atoms with Crippen LogP contribution < -0.4 is 5.32 Å². The summed E-state index contributed by atoms with van der Waals surface area (Å²) in [7, 11) is 0. The van der Waals surface area contributed by atoms with Crippen molar-refractivity contribution in [2.24, 2.45) is 5.92 Å². The van der Waals surface area contributed by atoms with Gasteiger partial charge in [-0.25, -0.2) is 0 Å². The highest BCUT2D eigenvalue weighted by Gasteiger charge is 2.52. The molecule has 0 aliphatic carbocycles. The van der Waals surface area contributed by atoms with Gasteiger partial charge < -0.3 is 15.1 Å². The van der Waals surface area contributed by atoms with Gasteiger partial charge in [0.15, 0.2) is 5.78 Å². The van der Waals surface area contributed by atoms with Crippen molar-refractivity contribution in [2.45, 2.75) is 44.8 Å². The molecule has 5 rings (SSSR count). The average Bonchev–Trinajstić information content (AvgIpc) is 3.60. The predicted octanol–water partition coefficient (Wildman–Crippen LogP) is 3.20. The average molecular weight is 511 g/mol. The second-order valence-corrected chi connectivity index (χ2v) is 11.4. The Morgan fingerprint density at radius 1 is 1.17 bits per heavy atom. The molecule has 182 valence electrons. The van der Waals surface area contributed by atoms with Gasteiger partial charge in [-0.15, -0.1) is 22.7 Å². The third kappa shape index (κ3) is 4.48. The number of hydrogen-bond donors (Lipinski definition) is 1. The molecular weight excluding hydrogens is 484 g/mol.